The molecule has 1 aliphatic rings. The third-order valence-electron chi connectivity index (χ3n) is 6.98. The van der Waals surface area contributed by atoms with Crippen molar-refractivity contribution >= 4 is 29.3 Å². The van der Waals surface area contributed by atoms with Crippen molar-refractivity contribution in [2.45, 2.75) is 73.5 Å². The van der Waals surface area contributed by atoms with Gasteiger partial charge in [-0.15, -0.1) is 0 Å². The summed E-state index contributed by atoms with van der Waals surface area (Å²) in [6, 6.07) is 5.47. The van der Waals surface area contributed by atoms with Crippen LogP contribution < -0.4 is 15.8 Å². The summed E-state index contributed by atoms with van der Waals surface area (Å²) in [5.74, 6) is 0.132. The molecule has 2 heterocycles. The second-order valence-corrected chi connectivity index (χ2v) is 11.6. The van der Waals surface area contributed by atoms with Crippen molar-refractivity contribution in [3.63, 3.8) is 0 Å². The summed E-state index contributed by atoms with van der Waals surface area (Å²) >= 11 is 6.48. The number of carbonyl (C=O) groups excluding carboxylic acids is 2. The fourth-order valence-electron chi connectivity index (χ4n) is 4.93. The van der Waals surface area contributed by atoms with Crippen LogP contribution in [-0.2, 0) is 11.3 Å². The van der Waals surface area contributed by atoms with Gasteiger partial charge in [0.1, 0.15) is 5.60 Å². The lowest BCUT2D eigenvalue weighted by Gasteiger charge is -2.36. The largest absolute Gasteiger partial charge is 0.444 e. The van der Waals surface area contributed by atoms with Crippen molar-refractivity contribution in [2.75, 3.05) is 31.1 Å². The standard InChI is InChI=1S/C29H41ClN4O4/c1-8-33(17-21-9-11-34(12-10-21)28(37)38-29(5,6)7)25-15-22(30)14-23(20(25)4)26(35)31-16-24-18(2)13-19(3)32-27(24)36/h13-15,21H,8-12,16-17H2,1-7H3,(H,31,35)(H,32,36). The van der Waals surface area contributed by atoms with Crippen molar-refractivity contribution < 1.29 is 14.3 Å². The quantitative estimate of drug-likeness (QED) is 0.489. The van der Waals surface area contributed by atoms with Crippen LogP contribution >= 0.6 is 11.6 Å². The average molecular weight is 545 g/mol. The van der Waals surface area contributed by atoms with Gasteiger partial charge in [-0.3, -0.25) is 9.59 Å². The van der Waals surface area contributed by atoms with E-state index in [1.807, 2.05) is 53.7 Å². The van der Waals surface area contributed by atoms with Crippen LogP contribution in [0.2, 0.25) is 5.02 Å². The third-order valence-corrected chi connectivity index (χ3v) is 7.19. The highest BCUT2D eigenvalue weighted by atomic mass is 35.5. The number of hydrogen-bond acceptors (Lipinski definition) is 5. The first-order chi connectivity index (χ1) is 17.8. The summed E-state index contributed by atoms with van der Waals surface area (Å²) in [6.07, 6.45) is 1.51. The number of H-pyrrole nitrogens is 1. The number of anilines is 1. The van der Waals surface area contributed by atoms with Gasteiger partial charge >= 0.3 is 6.09 Å². The number of aryl methyl sites for hydroxylation is 2. The molecule has 2 amide bonds. The number of pyridine rings is 1. The molecule has 9 heteroatoms. The van der Waals surface area contributed by atoms with Gasteiger partial charge in [0.15, 0.2) is 0 Å². The van der Waals surface area contributed by atoms with Gasteiger partial charge in [-0.2, -0.15) is 0 Å². The topological polar surface area (TPSA) is 94.7 Å². The summed E-state index contributed by atoms with van der Waals surface area (Å²) in [4.78, 5) is 44.8. The van der Waals surface area contributed by atoms with Gasteiger partial charge in [0.25, 0.3) is 11.5 Å². The molecule has 3 rings (SSSR count). The number of piperidine rings is 1. The molecule has 0 saturated carbocycles. The molecule has 0 aliphatic carbocycles. The second-order valence-electron chi connectivity index (χ2n) is 11.2. The Morgan fingerprint density at radius 2 is 1.82 bits per heavy atom. The summed E-state index contributed by atoms with van der Waals surface area (Å²) < 4.78 is 5.52. The van der Waals surface area contributed by atoms with Crippen molar-refractivity contribution in [1.29, 1.82) is 0 Å². The minimum Gasteiger partial charge on any atom is -0.444 e. The monoisotopic (exact) mass is 544 g/mol. The molecule has 1 aromatic heterocycles. The van der Waals surface area contributed by atoms with E-state index in [9.17, 15) is 14.4 Å². The molecule has 2 N–H and O–H groups in total. The normalized spacial score (nSPS) is 14.4. The predicted octanol–water partition coefficient (Wildman–Crippen LogP) is 5.36. The molecule has 0 atom stereocenters. The maximum atomic E-state index is 13.2. The Kier molecular flexibility index (Phi) is 9.52. The zero-order valence-electron chi connectivity index (χ0n) is 23.7. The minimum absolute atomic E-state index is 0.134. The molecule has 0 unspecified atom stereocenters. The molecule has 208 valence electrons. The Balaban J connectivity index is 1.69. The molecule has 1 fully saturated rings. The summed E-state index contributed by atoms with van der Waals surface area (Å²) in [5.41, 5.74) is 3.72. The Bertz CT molecular complexity index is 1230. The van der Waals surface area contributed by atoms with Crippen LogP contribution in [0.15, 0.2) is 23.0 Å². The minimum atomic E-state index is -0.504. The van der Waals surface area contributed by atoms with Crippen LogP contribution in [0, 0.1) is 26.7 Å². The smallest absolute Gasteiger partial charge is 0.410 e. The predicted molar refractivity (Wildman–Crippen MR) is 152 cm³/mol. The van der Waals surface area contributed by atoms with Crippen LogP contribution in [0.1, 0.15) is 73.3 Å². The van der Waals surface area contributed by atoms with Crippen LogP contribution in [0.3, 0.4) is 0 Å². The SMILES string of the molecule is CCN(CC1CCN(C(=O)OC(C)(C)C)CC1)c1cc(Cl)cc(C(=O)NCc2c(C)cc(C)[nH]c2=O)c1C. The van der Waals surface area contributed by atoms with Gasteiger partial charge in [0, 0.05) is 60.3 Å². The van der Waals surface area contributed by atoms with Crippen LogP contribution in [0.5, 0.6) is 0 Å². The number of aromatic amines is 1. The van der Waals surface area contributed by atoms with E-state index in [1.165, 1.54) is 0 Å². The van der Waals surface area contributed by atoms with E-state index in [0.29, 0.717) is 35.2 Å². The van der Waals surface area contributed by atoms with Crippen molar-refractivity contribution in [2.24, 2.45) is 5.92 Å². The van der Waals surface area contributed by atoms with E-state index in [-0.39, 0.29) is 24.1 Å². The molecular weight excluding hydrogens is 504 g/mol. The number of hydrogen-bond donors (Lipinski definition) is 2. The van der Waals surface area contributed by atoms with Crippen LogP contribution in [0.4, 0.5) is 10.5 Å². The Morgan fingerprint density at radius 3 is 2.39 bits per heavy atom. The lowest BCUT2D eigenvalue weighted by molar-refractivity contribution is 0.0186. The number of carbonyl (C=O) groups is 2. The fraction of sp³-hybridized carbons (Fsp3) is 0.552. The number of nitrogens with one attached hydrogen (secondary N) is 2. The second kappa shape index (κ2) is 12.2. The number of likely N-dealkylation sites (tertiary alicyclic amines) is 1. The van der Waals surface area contributed by atoms with Crippen molar-refractivity contribution in [3.05, 3.63) is 61.5 Å². The van der Waals surface area contributed by atoms with E-state index < -0.39 is 5.60 Å². The Morgan fingerprint density at radius 1 is 1.16 bits per heavy atom. The Hall–Kier alpha value is -3.00. The van der Waals surface area contributed by atoms with E-state index in [2.05, 4.69) is 22.1 Å². The van der Waals surface area contributed by atoms with Crippen LogP contribution in [0.25, 0.3) is 0 Å². The van der Waals surface area contributed by atoms with Gasteiger partial charge in [0.2, 0.25) is 0 Å². The molecule has 38 heavy (non-hydrogen) atoms. The zero-order chi connectivity index (χ0) is 28.2. The van der Waals surface area contributed by atoms with Gasteiger partial charge in [-0.25, -0.2) is 4.79 Å². The summed E-state index contributed by atoms with van der Waals surface area (Å²) in [5, 5.41) is 3.38. The number of benzene rings is 1. The van der Waals surface area contributed by atoms with Crippen molar-refractivity contribution in [3.8, 4) is 0 Å². The van der Waals surface area contributed by atoms with Gasteiger partial charge in [-0.1, -0.05) is 11.6 Å². The highest BCUT2D eigenvalue weighted by Crippen LogP contribution is 2.30. The molecule has 2 aromatic rings. The summed E-state index contributed by atoms with van der Waals surface area (Å²) in [7, 11) is 0. The first-order valence-corrected chi connectivity index (χ1v) is 13.7. The molecule has 1 aromatic carbocycles. The fourth-order valence-corrected chi connectivity index (χ4v) is 5.14. The molecule has 1 aliphatic heterocycles. The average Bonchev–Trinajstić information content (AvgIpc) is 2.82. The maximum absolute atomic E-state index is 13.2. The van der Waals surface area contributed by atoms with Gasteiger partial charge in [0.05, 0.1) is 0 Å². The van der Waals surface area contributed by atoms with Gasteiger partial charge in [-0.05, 0) is 96.6 Å². The molecular formula is C29H41ClN4O4. The number of rotatable bonds is 7. The number of ether oxygens (including phenoxy) is 1. The highest BCUT2D eigenvalue weighted by Gasteiger charge is 2.28. The van der Waals surface area contributed by atoms with Gasteiger partial charge < -0.3 is 24.8 Å². The lowest BCUT2D eigenvalue weighted by Crippen LogP contribution is -2.44. The third kappa shape index (κ3) is 7.53. The molecule has 0 spiro atoms. The lowest BCUT2D eigenvalue weighted by atomic mass is 9.95. The zero-order valence-corrected chi connectivity index (χ0v) is 24.4. The molecule has 0 radical (unpaired) electrons. The number of halogens is 1. The summed E-state index contributed by atoms with van der Waals surface area (Å²) in [6.45, 7) is 16.4. The molecule has 1 saturated heterocycles. The van der Waals surface area contributed by atoms with Crippen molar-refractivity contribution in [1.82, 2.24) is 15.2 Å². The van der Waals surface area contributed by atoms with E-state index in [0.717, 1.165) is 48.4 Å². The molecule has 8 nitrogen and oxygen atoms in total. The van der Waals surface area contributed by atoms with E-state index >= 15 is 0 Å². The van der Waals surface area contributed by atoms with E-state index in [1.54, 1.807) is 11.0 Å². The number of nitrogens with zero attached hydrogens (tertiary/aromatic N) is 2. The Labute approximate surface area is 230 Å². The first-order valence-electron chi connectivity index (χ1n) is 13.3. The number of aromatic nitrogens is 1. The van der Waals surface area contributed by atoms with E-state index in [4.69, 9.17) is 16.3 Å². The molecule has 0 bridgehead atoms. The number of amides is 2. The highest BCUT2D eigenvalue weighted by molar-refractivity contribution is 6.31. The first kappa shape index (κ1) is 29.6. The van der Waals surface area contributed by atoms with Crippen LogP contribution in [-0.4, -0.2) is 53.7 Å². The maximum Gasteiger partial charge on any atom is 0.410 e.